The van der Waals surface area contributed by atoms with Gasteiger partial charge in [0.2, 0.25) is 0 Å². The lowest BCUT2D eigenvalue weighted by Gasteiger charge is -2.21. The Hall–Kier alpha value is -0.860. The molecule has 0 aliphatic carbocycles. The number of hydrogen-bond donors (Lipinski definition) is 1. The summed E-state index contributed by atoms with van der Waals surface area (Å²) in [5.41, 5.74) is 9.62. The van der Waals surface area contributed by atoms with Gasteiger partial charge in [-0.1, -0.05) is 38.5 Å². The van der Waals surface area contributed by atoms with Crippen molar-refractivity contribution in [2.24, 2.45) is 11.7 Å². The minimum absolute atomic E-state index is 0.629. The van der Waals surface area contributed by atoms with E-state index >= 15 is 0 Å². The van der Waals surface area contributed by atoms with E-state index in [1.54, 1.807) is 0 Å². The van der Waals surface area contributed by atoms with Gasteiger partial charge in [0.25, 0.3) is 0 Å². The van der Waals surface area contributed by atoms with E-state index < -0.39 is 0 Å². The van der Waals surface area contributed by atoms with E-state index in [1.807, 2.05) is 0 Å². The molecule has 0 spiro atoms. The first-order chi connectivity index (χ1) is 8.06. The van der Waals surface area contributed by atoms with Crippen LogP contribution in [-0.2, 0) is 13.1 Å². The summed E-state index contributed by atoms with van der Waals surface area (Å²) in [6.45, 7) is 9.55. The van der Waals surface area contributed by atoms with Crippen LogP contribution in [0.25, 0.3) is 0 Å². The molecule has 0 aromatic heterocycles. The van der Waals surface area contributed by atoms with Crippen molar-refractivity contribution < 1.29 is 0 Å². The molecule has 1 atom stereocenters. The molecule has 2 heteroatoms. The molecule has 0 fully saturated rings. The van der Waals surface area contributed by atoms with Gasteiger partial charge in [0, 0.05) is 19.6 Å². The van der Waals surface area contributed by atoms with Gasteiger partial charge >= 0.3 is 0 Å². The van der Waals surface area contributed by atoms with Gasteiger partial charge in [-0.25, -0.2) is 0 Å². The van der Waals surface area contributed by atoms with E-state index in [1.165, 1.54) is 23.1 Å². The highest BCUT2D eigenvalue weighted by molar-refractivity contribution is 5.30. The number of benzene rings is 1. The maximum absolute atomic E-state index is 5.64. The molecule has 1 aromatic rings. The van der Waals surface area contributed by atoms with Crippen molar-refractivity contribution in [3.8, 4) is 0 Å². The summed E-state index contributed by atoms with van der Waals surface area (Å²) in [6.07, 6.45) is 1.25. The third-order valence-electron chi connectivity index (χ3n) is 3.40. The Morgan fingerprint density at radius 1 is 1.35 bits per heavy atom. The molecule has 0 saturated heterocycles. The first-order valence-electron chi connectivity index (χ1n) is 6.53. The van der Waals surface area contributed by atoms with Crippen LogP contribution in [0.15, 0.2) is 18.2 Å². The van der Waals surface area contributed by atoms with Gasteiger partial charge in [-0.15, -0.1) is 0 Å². The Morgan fingerprint density at radius 3 is 2.59 bits per heavy atom. The van der Waals surface area contributed by atoms with E-state index in [0.717, 1.165) is 19.0 Å². The summed E-state index contributed by atoms with van der Waals surface area (Å²) in [5, 5.41) is 0. The average Bonchev–Trinajstić information content (AvgIpc) is 2.31. The second-order valence-corrected chi connectivity index (χ2v) is 5.18. The zero-order valence-corrected chi connectivity index (χ0v) is 11.7. The fraction of sp³-hybridized carbons (Fsp3) is 0.600. The smallest absolute Gasteiger partial charge is 0.0233 e. The maximum Gasteiger partial charge on any atom is 0.0233 e. The van der Waals surface area contributed by atoms with E-state index in [0.29, 0.717) is 6.54 Å². The maximum atomic E-state index is 5.64. The Labute approximate surface area is 106 Å². The normalized spacial score (nSPS) is 13.1. The van der Waals surface area contributed by atoms with Crippen LogP contribution in [0.3, 0.4) is 0 Å². The Morgan fingerprint density at radius 2 is 2.06 bits per heavy atom. The molecule has 0 aliphatic heterocycles. The summed E-state index contributed by atoms with van der Waals surface area (Å²) in [5.74, 6) is 0.767. The highest BCUT2D eigenvalue weighted by Gasteiger charge is 2.07. The molecule has 0 heterocycles. The third-order valence-corrected chi connectivity index (χ3v) is 3.40. The summed E-state index contributed by atoms with van der Waals surface area (Å²) in [6, 6.07) is 6.55. The molecule has 2 nitrogen and oxygen atoms in total. The zero-order valence-electron chi connectivity index (χ0n) is 11.7. The van der Waals surface area contributed by atoms with Gasteiger partial charge < -0.3 is 10.6 Å². The molecular formula is C15H26N2. The van der Waals surface area contributed by atoms with Crippen molar-refractivity contribution in [1.82, 2.24) is 4.90 Å². The second kappa shape index (κ2) is 6.77. The minimum Gasteiger partial charge on any atom is -0.326 e. The lowest BCUT2D eigenvalue weighted by Crippen LogP contribution is -2.24. The van der Waals surface area contributed by atoms with Crippen molar-refractivity contribution in [2.45, 2.75) is 40.3 Å². The molecule has 17 heavy (non-hydrogen) atoms. The van der Waals surface area contributed by atoms with Crippen molar-refractivity contribution in [3.05, 3.63) is 34.9 Å². The Kier molecular flexibility index (Phi) is 5.66. The van der Waals surface area contributed by atoms with Gasteiger partial charge in [-0.05, 0) is 36.6 Å². The zero-order chi connectivity index (χ0) is 12.8. The minimum atomic E-state index is 0.629. The quantitative estimate of drug-likeness (QED) is 0.820. The summed E-state index contributed by atoms with van der Waals surface area (Å²) in [4.78, 5) is 2.40. The van der Waals surface area contributed by atoms with E-state index in [4.69, 9.17) is 5.73 Å². The van der Waals surface area contributed by atoms with Gasteiger partial charge in [-0.3, -0.25) is 0 Å². The molecule has 0 bridgehead atoms. The third kappa shape index (κ3) is 4.49. The number of nitrogens with zero attached hydrogens (tertiary/aromatic N) is 1. The molecule has 1 aromatic carbocycles. The van der Waals surface area contributed by atoms with Crippen LogP contribution in [0.2, 0.25) is 0 Å². The van der Waals surface area contributed by atoms with E-state index in [2.05, 4.69) is 50.9 Å². The largest absolute Gasteiger partial charge is 0.326 e. The topological polar surface area (TPSA) is 29.3 Å². The highest BCUT2D eigenvalue weighted by Crippen LogP contribution is 2.14. The predicted molar refractivity (Wildman–Crippen MR) is 74.9 cm³/mol. The van der Waals surface area contributed by atoms with Crippen molar-refractivity contribution >= 4 is 0 Å². The number of hydrogen-bond acceptors (Lipinski definition) is 2. The predicted octanol–water partition coefficient (Wildman–Crippen LogP) is 2.93. The van der Waals surface area contributed by atoms with Gasteiger partial charge in [-0.2, -0.15) is 0 Å². The Balaban J connectivity index is 2.62. The number of rotatable bonds is 6. The first kappa shape index (κ1) is 14.2. The molecule has 1 unspecified atom stereocenters. The lowest BCUT2D eigenvalue weighted by molar-refractivity contribution is 0.275. The van der Waals surface area contributed by atoms with Crippen LogP contribution < -0.4 is 5.73 Å². The SMILES string of the molecule is CCC(C)CN(C)Cc1ccc(CN)cc1C. The summed E-state index contributed by atoms with van der Waals surface area (Å²) < 4.78 is 0. The summed E-state index contributed by atoms with van der Waals surface area (Å²) >= 11 is 0. The molecule has 0 radical (unpaired) electrons. The van der Waals surface area contributed by atoms with Crippen LogP contribution in [0.4, 0.5) is 0 Å². The average molecular weight is 234 g/mol. The van der Waals surface area contributed by atoms with Crippen molar-refractivity contribution in [1.29, 1.82) is 0 Å². The van der Waals surface area contributed by atoms with Crippen molar-refractivity contribution in [2.75, 3.05) is 13.6 Å². The fourth-order valence-corrected chi connectivity index (χ4v) is 2.08. The van der Waals surface area contributed by atoms with Gasteiger partial charge in [0.05, 0.1) is 0 Å². The van der Waals surface area contributed by atoms with E-state index in [9.17, 15) is 0 Å². The molecule has 0 saturated carbocycles. The molecule has 1 rings (SSSR count). The van der Waals surface area contributed by atoms with Gasteiger partial charge in [0.15, 0.2) is 0 Å². The second-order valence-electron chi connectivity index (χ2n) is 5.18. The molecule has 0 amide bonds. The number of aryl methyl sites for hydroxylation is 1. The summed E-state index contributed by atoms with van der Waals surface area (Å²) in [7, 11) is 2.20. The Bertz CT molecular complexity index is 347. The van der Waals surface area contributed by atoms with E-state index in [-0.39, 0.29) is 0 Å². The molecule has 2 N–H and O–H groups in total. The highest BCUT2D eigenvalue weighted by atomic mass is 15.1. The monoisotopic (exact) mass is 234 g/mol. The first-order valence-corrected chi connectivity index (χ1v) is 6.53. The van der Waals surface area contributed by atoms with Crippen LogP contribution in [-0.4, -0.2) is 18.5 Å². The van der Waals surface area contributed by atoms with Crippen LogP contribution in [0.1, 0.15) is 37.0 Å². The standard InChI is InChI=1S/C15H26N2/c1-5-12(2)10-17(4)11-15-7-6-14(9-16)8-13(15)3/h6-8,12H,5,9-11,16H2,1-4H3. The number of nitrogens with two attached hydrogens (primary N) is 1. The molecular weight excluding hydrogens is 208 g/mol. The van der Waals surface area contributed by atoms with Crippen LogP contribution in [0.5, 0.6) is 0 Å². The van der Waals surface area contributed by atoms with Crippen LogP contribution >= 0.6 is 0 Å². The molecule has 0 aliphatic rings. The fourth-order valence-electron chi connectivity index (χ4n) is 2.08. The van der Waals surface area contributed by atoms with Gasteiger partial charge in [0.1, 0.15) is 0 Å². The molecule has 96 valence electrons. The lowest BCUT2D eigenvalue weighted by atomic mass is 10.0. The van der Waals surface area contributed by atoms with Crippen molar-refractivity contribution in [3.63, 3.8) is 0 Å². The van der Waals surface area contributed by atoms with Crippen LogP contribution in [0, 0.1) is 12.8 Å².